The molecule has 1 heterocycles. The minimum atomic E-state index is -4.74. The second kappa shape index (κ2) is 8.74. The summed E-state index contributed by atoms with van der Waals surface area (Å²) in [6.07, 6.45) is -3.59. The number of benzene rings is 1. The number of ether oxygens (including phenoxy) is 1. The number of hydrogen-bond acceptors (Lipinski definition) is 4. The second-order valence-electron chi connectivity index (χ2n) is 4.98. The van der Waals surface area contributed by atoms with Gasteiger partial charge in [-0.15, -0.1) is 0 Å². The highest BCUT2D eigenvalue weighted by molar-refractivity contribution is 7.86. The predicted molar refractivity (Wildman–Crippen MR) is 96.6 cm³/mol. The Morgan fingerprint density at radius 3 is 2.52 bits per heavy atom. The maximum Gasteiger partial charge on any atom is 0.417 e. The third-order valence-electron chi connectivity index (χ3n) is 3.18. The summed E-state index contributed by atoms with van der Waals surface area (Å²) in [5, 5.41) is -1.41. The SMILES string of the molecule is COCN(c1cc(Cl)cnc1C(=O)Cl)S(=O)c1ccc(Cl)c(C(F)(F)F)c1. The third kappa shape index (κ3) is 5.11. The molecule has 0 aliphatic carbocycles. The third-order valence-corrected chi connectivity index (χ3v) is 5.26. The molecular weight excluding hydrogens is 452 g/mol. The number of rotatable bonds is 6. The fraction of sp³-hybridized carbons (Fsp3) is 0.200. The van der Waals surface area contributed by atoms with Gasteiger partial charge in [-0.2, -0.15) is 13.2 Å². The number of nitrogens with zero attached hydrogens (tertiary/aromatic N) is 2. The van der Waals surface area contributed by atoms with Gasteiger partial charge >= 0.3 is 6.18 Å². The first-order chi connectivity index (χ1) is 12.6. The molecule has 0 fully saturated rings. The van der Waals surface area contributed by atoms with Gasteiger partial charge in [-0.05, 0) is 35.9 Å². The molecule has 0 bridgehead atoms. The van der Waals surface area contributed by atoms with Gasteiger partial charge in [-0.3, -0.25) is 9.10 Å². The van der Waals surface area contributed by atoms with Crippen molar-refractivity contribution in [2.45, 2.75) is 11.1 Å². The van der Waals surface area contributed by atoms with Crippen molar-refractivity contribution >= 4 is 56.7 Å². The average molecular weight is 462 g/mol. The summed E-state index contributed by atoms with van der Waals surface area (Å²) in [5.41, 5.74) is -1.49. The van der Waals surface area contributed by atoms with E-state index in [1.165, 1.54) is 13.2 Å². The molecule has 0 saturated heterocycles. The summed E-state index contributed by atoms with van der Waals surface area (Å²) in [4.78, 5) is 15.2. The van der Waals surface area contributed by atoms with Crippen LogP contribution in [0, 0.1) is 0 Å². The van der Waals surface area contributed by atoms with Crippen LogP contribution in [-0.4, -0.2) is 28.3 Å². The maximum absolute atomic E-state index is 13.1. The van der Waals surface area contributed by atoms with E-state index in [0.29, 0.717) is 6.07 Å². The number of pyridine rings is 1. The summed E-state index contributed by atoms with van der Waals surface area (Å²) >= 11 is 16.9. The van der Waals surface area contributed by atoms with E-state index in [1.807, 2.05) is 0 Å². The number of carbonyl (C=O) groups excluding carboxylic acids is 1. The zero-order chi connectivity index (χ0) is 20.4. The van der Waals surface area contributed by atoms with E-state index < -0.39 is 33.0 Å². The largest absolute Gasteiger partial charge is 0.417 e. The van der Waals surface area contributed by atoms with Crippen LogP contribution in [0.25, 0.3) is 0 Å². The zero-order valence-corrected chi connectivity index (χ0v) is 16.5. The number of methoxy groups -OCH3 is 1. The van der Waals surface area contributed by atoms with Crippen LogP contribution in [0.2, 0.25) is 10.0 Å². The number of anilines is 1. The Hall–Kier alpha value is -1.39. The Labute approximate surface area is 169 Å². The van der Waals surface area contributed by atoms with E-state index in [9.17, 15) is 22.2 Å². The molecule has 0 saturated carbocycles. The molecule has 2 rings (SSSR count). The normalized spacial score (nSPS) is 12.7. The van der Waals surface area contributed by atoms with Gasteiger partial charge < -0.3 is 4.74 Å². The molecule has 0 aliphatic rings. The first-order valence-corrected chi connectivity index (χ1v) is 9.20. The van der Waals surface area contributed by atoms with Crippen LogP contribution in [0.15, 0.2) is 35.4 Å². The van der Waals surface area contributed by atoms with Crippen LogP contribution < -0.4 is 4.31 Å². The molecule has 146 valence electrons. The van der Waals surface area contributed by atoms with E-state index in [4.69, 9.17) is 39.5 Å². The van der Waals surface area contributed by atoms with Gasteiger partial charge in [0.25, 0.3) is 5.24 Å². The smallest absolute Gasteiger partial charge is 0.363 e. The predicted octanol–water partition coefficient (Wildman–Crippen LogP) is 4.92. The molecule has 2 aromatic rings. The van der Waals surface area contributed by atoms with Crippen molar-refractivity contribution in [3.63, 3.8) is 0 Å². The van der Waals surface area contributed by atoms with Crippen molar-refractivity contribution in [2.75, 3.05) is 18.1 Å². The summed E-state index contributed by atoms with van der Waals surface area (Å²) in [7, 11) is -0.949. The minimum Gasteiger partial charge on any atom is -0.363 e. The molecule has 5 nitrogen and oxygen atoms in total. The number of carbonyl (C=O) groups is 1. The molecule has 0 radical (unpaired) electrons. The summed E-state index contributed by atoms with van der Waals surface area (Å²) in [5.74, 6) is 0. The van der Waals surface area contributed by atoms with Gasteiger partial charge in [-0.25, -0.2) is 9.19 Å². The van der Waals surface area contributed by atoms with E-state index >= 15 is 0 Å². The molecule has 1 unspecified atom stereocenters. The molecule has 0 amide bonds. The van der Waals surface area contributed by atoms with Gasteiger partial charge in [0.05, 0.1) is 26.2 Å². The number of hydrogen-bond donors (Lipinski definition) is 0. The summed E-state index contributed by atoms with van der Waals surface area (Å²) in [6, 6.07) is 4.05. The molecule has 1 atom stereocenters. The highest BCUT2D eigenvalue weighted by Gasteiger charge is 2.34. The summed E-state index contributed by atoms with van der Waals surface area (Å²) < 4.78 is 58.1. The van der Waals surface area contributed by atoms with Crippen molar-refractivity contribution in [3.8, 4) is 0 Å². The van der Waals surface area contributed by atoms with E-state index in [0.717, 1.165) is 22.6 Å². The van der Waals surface area contributed by atoms with Gasteiger partial charge in [-0.1, -0.05) is 23.2 Å². The number of alkyl halides is 3. The van der Waals surface area contributed by atoms with Crippen molar-refractivity contribution < 1.29 is 26.9 Å². The van der Waals surface area contributed by atoms with Crippen molar-refractivity contribution in [1.29, 1.82) is 0 Å². The van der Waals surface area contributed by atoms with Crippen LogP contribution >= 0.6 is 34.8 Å². The van der Waals surface area contributed by atoms with E-state index in [2.05, 4.69) is 4.98 Å². The summed E-state index contributed by atoms with van der Waals surface area (Å²) in [6.45, 7) is -0.351. The molecular formula is C15H10Cl3F3N2O3S. The lowest BCUT2D eigenvalue weighted by Crippen LogP contribution is -2.30. The lowest BCUT2D eigenvalue weighted by atomic mass is 10.2. The molecule has 12 heteroatoms. The standard InChI is InChI=1S/C15H10Cl3F3N2O3S/c1-26-7-23(12-4-8(16)6-22-13(12)14(18)24)27(25)9-2-3-11(17)10(5-9)15(19,20)21/h2-6H,7H2,1H3. The van der Waals surface area contributed by atoms with Gasteiger partial charge in [0.15, 0.2) is 11.0 Å². The Balaban J connectivity index is 2.58. The molecule has 1 aromatic carbocycles. The molecule has 0 N–H and O–H groups in total. The van der Waals surface area contributed by atoms with Gasteiger partial charge in [0.2, 0.25) is 0 Å². The molecule has 0 aliphatic heterocycles. The number of halogens is 6. The van der Waals surface area contributed by atoms with E-state index in [1.54, 1.807) is 0 Å². The Morgan fingerprint density at radius 1 is 1.30 bits per heavy atom. The molecule has 1 aromatic heterocycles. The number of aromatic nitrogens is 1. The van der Waals surface area contributed by atoms with Crippen LogP contribution in [0.4, 0.5) is 18.9 Å². The van der Waals surface area contributed by atoms with Gasteiger partial charge in [0, 0.05) is 13.3 Å². The lowest BCUT2D eigenvalue weighted by molar-refractivity contribution is -0.137. The van der Waals surface area contributed by atoms with Crippen molar-refractivity contribution in [2.24, 2.45) is 0 Å². The fourth-order valence-electron chi connectivity index (χ4n) is 2.05. The van der Waals surface area contributed by atoms with Crippen LogP contribution in [0.5, 0.6) is 0 Å². The highest BCUT2D eigenvalue weighted by Crippen LogP contribution is 2.36. The van der Waals surface area contributed by atoms with Crippen LogP contribution in [0.3, 0.4) is 0 Å². The molecule has 27 heavy (non-hydrogen) atoms. The van der Waals surface area contributed by atoms with Crippen molar-refractivity contribution in [1.82, 2.24) is 4.98 Å². The lowest BCUT2D eigenvalue weighted by Gasteiger charge is -2.24. The fourth-order valence-corrected chi connectivity index (χ4v) is 3.75. The topological polar surface area (TPSA) is 59.5 Å². The van der Waals surface area contributed by atoms with Crippen molar-refractivity contribution in [3.05, 3.63) is 51.8 Å². The second-order valence-corrected chi connectivity index (χ2v) is 7.58. The molecule has 0 spiro atoms. The Bertz CT molecular complexity index is 896. The first-order valence-electron chi connectivity index (χ1n) is 6.96. The zero-order valence-electron chi connectivity index (χ0n) is 13.4. The quantitative estimate of drug-likeness (QED) is 0.453. The maximum atomic E-state index is 13.1. The monoisotopic (exact) mass is 460 g/mol. The van der Waals surface area contributed by atoms with Crippen LogP contribution in [-0.2, 0) is 21.9 Å². The highest BCUT2D eigenvalue weighted by atomic mass is 35.5. The van der Waals surface area contributed by atoms with Crippen LogP contribution in [0.1, 0.15) is 16.1 Å². The first kappa shape index (κ1) is 21.9. The average Bonchev–Trinajstić information content (AvgIpc) is 2.58. The Kier molecular flexibility index (Phi) is 7.09. The van der Waals surface area contributed by atoms with Gasteiger partial charge in [0.1, 0.15) is 12.4 Å². The van der Waals surface area contributed by atoms with E-state index in [-0.39, 0.29) is 28.0 Å². The minimum absolute atomic E-state index is 0.0637. The Morgan fingerprint density at radius 2 is 1.96 bits per heavy atom.